The summed E-state index contributed by atoms with van der Waals surface area (Å²) in [7, 11) is 0. The second-order valence-electron chi connectivity index (χ2n) is 5.87. The van der Waals surface area contributed by atoms with Crippen LogP contribution in [0, 0.1) is 11.2 Å². The van der Waals surface area contributed by atoms with E-state index in [1.54, 1.807) is 12.1 Å². The average molecular weight is 314 g/mol. The largest absolute Gasteiger partial charge is 0.490 e. The molecule has 2 atom stereocenters. The van der Waals surface area contributed by atoms with Gasteiger partial charge in [-0.1, -0.05) is 32.4 Å². The van der Waals surface area contributed by atoms with Gasteiger partial charge in [0, 0.05) is 23.9 Å². The first kappa shape index (κ1) is 16.6. The van der Waals surface area contributed by atoms with Crippen molar-refractivity contribution in [2.24, 2.45) is 5.41 Å². The number of benzene rings is 1. The molecule has 0 saturated heterocycles. The Bertz CT molecular complexity index is 476. The Balaban J connectivity index is 2.07. The van der Waals surface area contributed by atoms with Gasteiger partial charge in [0.05, 0.1) is 5.02 Å². The van der Waals surface area contributed by atoms with Crippen LogP contribution < -0.4 is 10.1 Å². The highest BCUT2D eigenvalue weighted by Crippen LogP contribution is 2.49. The zero-order valence-corrected chi connectivity index (χ0v) is 13.8. The minimum atomic E-state index is -0.405. The van der Waals surface area contributed by atoms with Crippen LogP contribution in [-0.2, 0) is 0 Å². The van der Waals surface area contributed by atoms with Gasteiger partial charge in [-0.15, -0.1) is 0 Å². The molecule has 118 valence electrons. The van der Waals surface area contributed by atoms with Crippen molar-refractivity contribution in [2.75, 3.05) is 6.54 Å². The predicted molar refractivity (Wildman–Crippen MR) is 85.5 cm³/mol. The van der Waals surface area contributed by atoms with Gasteiger partial charge in [0.25, 0.3) is 0 Å². The van der Waals surface area contributed by atoms with Crippen LogP contribution >= 0.6 is 11.6 Å². The van der Waals surface area contributed by atoms with Crippen LogP contribution in [0.5, 0.6) is 5.75 Å². The van der Waals surface area contributed by atoms with Crippen LogP contribution in [0.25, 0.3) is 0 Å². The summed E-state index contributed by atoms with van der Waals surface area (Å²) in [4.78, 5) is 0. The van der Waals surface area contributed by atoms with Crippen LogP contribution in [0.1, 0.15) is 46.5 Å². The van der Waals surface area contributed by atoms with Crippen molar-refractivity contribution in [3.8, 4) is 5.75 Å². The first-order chi connectivity index (χ1) is 10.1. The standard InChI is InChI=1S/C17H25ClFNO/c1-4-9-20-15-11-16(17(15,5-2)6-3)21-12-7-8-14(19)13(18)10-12/h7-8,10,15-16,20H,4-6,9,11H2,1-3H3. The van der Waals surface area contributed by atoms with Crippen LogP contribution in [0.4, 0.5) is 4.39 Å². The second-order valence-corrected chi connectivity index (χ2v) is 6.27. The summed E-state index contributed by atoms with van der Waals surface area (Å²) >= 11 is 5.83. The van der Waals surface area contributed by atoms with Gasteiger partial charge in [-0.3, -0.25) is 0 Å². The van der Waals surface area contributed by atoms with E-state index in [4.69, 9.17) is 16.3 Å². The van der Waals surface area contributed by atoms with E-state index in [1.807, 2.05) is 0 Å². The first-order valence-corrected chi connectivity index (χ1v) is 8.30. The molecule has 0 heterocycles. The van der Waals surface area contributed by atoms with E-state index in [-0.39, 0.29) is 16.5 Å². The second kappa shape index (κ2) is 6.97. The maximum atomic E-state index is 13.2. The molecule has 1 aromatic rings. The maximum Gasteiger partial charge on any atom is 0.142 e. The highest BCUT2D eigenvalue weighted by molar-refractivity contribution is 6.30. The van der Waals surface area contributed by atoms with Crippen molar-refractivity contribution in [3.05, 3.63) is 29.0 Å². The summed E-state index contributed by atoms with van der Waals surface area (Å²) in [5.41, 5.74) is 0.163. The maximum absolute atomic E-state index is 13.2. The van der Waals surface area contributed by atoms with Gasteiger partial charge in [0.1, 0.15) is 17.7 Å². The summed E-state index contributed by atoms with van der Waals surface area (Å²) in [6.07, 6.45) is 4.45. The summed E-state index contributed by atoms with van der Waals surface area (Å²) < 4.78 is 19.3. The molecule has 0 spiro atoms. The molecule has 0 radical (unpaired) electrons. The average Bonchev–Trinajstić information content (AvgIpc) is 2.47. The van der Waals surface area contributed by atoms with E-state index in [9.17, 15) is 4.39 Å². The molecule has 21 heavy (non-hydrogen) atoms. The number of hydrogen-bond acceptors (Lipinski definition) is 2. The van der Waals surface area contributed by atoms with Crippen LogP contribution in [0.15, 0.2) is 18.2 Å². The molecule has 1 saturated carbocycles. The lowest BCUT2D eigenvalue weighted by Crippen LogP contribution is -2.64. The number of rotatable bonds is 7. The number of hydrogen-bond donors (Lipinski definition) is 1. The van der Waals surface area contributed by atoms with E-state index in [0.29, 0.717) is 11.8 Å². The molecular weight excluding hydrogens is 289 g/mol. The summed E-state index contributed by atoms with van der Waals surface area (Å²) in [6.45, 7) is 7.66. The smallest absolute Gasteiger partial charge is 0.142 e. The van der Waals surface area contributed by atoms with Gasteiger partial charge in [-0.2, -0.15) is 0 Å². The fraction of sp³-hybridized carbons (Fsp3) is 0.647. The third-order valence-corrected chi connectivity index (χ3v) is 5.20. The fourth-order valence-electron chi connectivity index (χ4n) is 3.43. The number of nitrogens with one attached hydrogen (secondary N) is 1. The van der Waals surface area contributed by atoms with Crippen molar-refractivity contribution in [1.29, 1.82) is 0 Å². The molecule has 2 nitrogen and oxygen atoms in total. The van der Waals surface area contributed by atoms with Crippen molar-refractivity contribution >= 4 is 11.6 Å². The van der Waals surface area contributed by atoms with E-state index in [0.717, 1.165) is 32.2 Å². The van der Waals surface area contributed by atoms with Gasteiger partial charge in [0.15, 0.2) is 0 Å². The van der Waals surface area contributed by atoms with E-state index < -0.39 is 5.82 Å². The molecule has 1 aliphatic rings. The van der Waals surface area contributed by atoms with Gasteiger partial charge >= 0.3 is 0 Å². The van der Waals surface area contributed by atoms with Crippen LogP contribution in [0.2, 0.25) is 5.02 Å². The van der Waals surface area contributed by atoms with Crippen molar-refractivity contribution in [3.63, 3.8) is 0 Å². The summed E-state index contributed by atoms with van der Waals surface area (Å²) in [6, 6.07) is 5.10. The van der Waals surface area contributed by atoms with Crippen molar-refractivity contribution in [2.45, 2.75) is 58.6 Å². The topological polar surface area (TPSA) is 21.3 Å². The number of halogens is 2. The van der Waals surface area contributed by atoms with Crippen LogP contribution in [0.3, 0.4) is 0 Å². The van der Waals surface area contributed by atoms with Gasteiger partial charge < -0.3 is 10.1 Å². The Morgan fingerprint density at radius 1 is 1.33 bits per heavy atom. The van der Waals surface area contributed by atoms with Gasteiger partial charge in [-0.05, 0) is 37.9 Å². The van der Waals surface area contributed by atoms with Crippen molar-refractivity contribution in [1.82, 2.24) is 5.32 Å². The highest BCUT2D eigenvalue weighted by Gasteiger charge is 2.53. The normalized spacial score (nSPS) is 23.7. The SMILES string of the molecule is CCCNC1CC(Oc2ccc(F)c(Cl)c2)C1(CC)CC. The Kier molecular flexibility index (Phi) is 5.50. The van der Waals surface area contributed by atoms with Crippen molar-refractivity contribution < 1.29 is 9.13 Å². The lowest BCUT2D eigenvalue weighted by atomic mass is 9.58. The van der Waals surface area contributed by atoms with Crippen LogP contribution in [-0.4, -0.2) is 18.7 Å². The Morgan fingerprint density at radius 3 is 2.62 bits per heavy atom. The molecule has 0 bridgehead atoms. The third kappa shape index (κ3) is 3.19. The van der Waals surface area contributed by atoms with E-state index >= 15 is 0 Å². The minimum absolute atomic E-state index is 0.117. The predicted octanol–water partition coefficient (Wildman–Crippen LogP) is 4.80. The lowest BCUT2D eigenvalue weighted by molar-refractivity contribution is -0.0858. The Morgan fingerprint density at radius 2 is 2.05 bits per heavy atom. The monoisotopic (exact) mass is 313 g/mol. The highest BCUT2D eigenvalue weighted by atomic mass is 35.5. The fourth-order valence-corrected chi connectivity index (χ4v) is 3.60. The first-order valence-electron chi connectivity index (χ1n) is 7.92. The molecule has 0 amide bonds. The molecule has 4 heteroatoms. The van der Waals surface area contributed by atoms with Gasteiger partial charge in [-0.25, -0.2) is 4.39 Å². The number of ether oxygens (including phenoxy) is 1. The van der Waals surface area contributed by atoms with E-state index in [1.165, 1.54) is 6.07 Å². The minimum Gasteiger partial charge on any atom is -0.490 e. The molecule has 1 fully saturated rings. The molecule has 2 rings (SSSR count). The molecule has 0 aromatic heterocycles. The van der Waals surface area contributed by atoms with Gasteiger partial charge in [0.2, 0.25) is 0 Å². The summed E-state index contributed by atoms with van der Waals surface area (Å²) in [5.74, 6) is 0.254. The third-order valence-electron chi connectivity index (χ3n) is 4.91. The molecule has 1 aromatic carbocycles. The molecular formula is C17H25ClFNO. The lowest BCUT2D eigenvalue weighted by Gasteiger charge is -2.55. The Labute approximate surface area is 132 Å². The quantitative estimate of drug-likeness (QED) is 0.780. The Hall–Kier alpha value is -0.800. The molecule has 0 aliphatic heterocycles. The molecule has 1 aliphatic carbocycles. The zero-order chi connectivity index (χ0) is 15.5. The molecule has 2 unspecified atom stereocenters. The zero-order valence-electron chi connectivity index (χ0n) is 13.1. The van der Waals surface area contributed by atoms with E-state index in [2.05, 4.69) is 26.1 Å². The molecule has 1 N–H and O–H groups in total. The summed E-state index contributed by atoms with van der Waals surface area (Å²) in [5, 5.41) is 3.75.